The Bertz CT molecular complexity index is 790. The molecule has 2 aliphatic carbocycles. The number of fused-ring (bicyclic) bond motifs is 1. The molecule has 0 bridgehead atoms. The van der Waals surface area contributed by atoms with Crippen LogP contribution in [0.3, 0.4) is 0 Å². The second-order valence-corrected chi connectivity index (χ2v) is 8.33. The van der Waals surface area contributed by atoms with Crippen LogP contribution >= 0.6 is 0 Å². The molecular weight excluding hydrogens is 330 g/mol. The first-order valence-corrected chi connectivity index (χ1v) is 10.4. The fourth-order valence-electron chi connectivity index (χ4n) is 4.92. The molecule has 3 heteroatoms. The van der Waals surface area contributed by atoms with Gasteiger partial charge in [0, 0.05) is 18.9 Å². The molecule has 2 aromatic rings. The molecule has 27 heavy (non-hydrogen) atoms. The van der Waals surface area contributed by atoms with Gasteiger partial charge in [-0.3, -0.25) is 5.41 Å². The smallest absolute Gasteiger partial charge is 0.100 e. The molecule has 3 N–H and O–H groups in total. The Morgan fingerprint density at radius 1 is 1.00 bits per heavy atom. The molecule has 2 atom stereocenters. The summed E-state index contributed by atoms with van der Waals surface area (Å²) >= 11 is 0. The minimum atomic E-state index is 0.541. The number of rotatable bonds is 9. The van der Waals surface area contributed by atoms with Crippen LogP contribution in [0.1, 0.15) is 50.5 Å². The molecule has 2 unspecified atom stereocenters. The van der Waals surface area contributed by atoms with E-state index in [4.69, 9.17) is 11.1 Å². The van der Waals surface area contributed by atoms with E-state index >= 15 is 0 Å². The largest absolute Gasteiger partial charge is 0.397 e. The number of unbranched alkanes of at least 4 members (excludes halogenated alkanes) is 3. The van der Waals surface area contributed by atoms with Gasteiger partial charge in [0.25, 0.3) is 0 Å². The van der Waals surface area contributed by atoms with Crippen LogP contribution in [0.2, 0.25) is 0 Å². The number of anilines is 2. The second-order valence-electron chi connectivity index (χ2n) is 8.33. The molecule has 2 fully saturated rings. The number of nitrogens with zero attached hydrogens (tertiary/aromatic N) is 1. The number of hydrogen-bond acceptors (Lipinski definition) is 2. The summed E-state index contributed by atoms with van der Waals surface area (Å²) in [5.74, 6) is 2.62. The molecule has 0 amide bonds. The van der Waals surface area contributed by atoms with Gasteiger partial charge in [-0.25, -0.2) is 0 Å². The average Bonchev–Trinajstić information content (AvgIpc) is 3.60. The first kappa shape index (κ1) is 18.1. The Morgan fingerprint density at radius 2 is 1.67 bits per heavy atom. The van der Waals surface area contributed by atoms with Crippen molar-refractivity contribution in [1.82, 2.24) is 0 Å². The van der Waals surface area contributed by atoms with E-state index < -0.39 is 0 Å². The predicted octanol–water partition coefficient (Wildman–Crippen LogP) is 5.61. The van der Waals surface area contributed by atoms with Crippen LogP contribution in [-0.2, 0) is 5.41 Å². The first-order chi connectivity index (χ1) is 13.1. The van der Waals surface area contributed by atoms with Gasteiger partial charge in [-0.05, 0) is 48.8 Å². The van der Waals surface area contributed by atoms with Crippen LogP contribution in [0, 0.1) is 17.2 Å². The van der Waals surface area contributed by atoms with E-state index in [1.807, 2.05) is 36.2 Å². The van der Waals surface area contributed by atoms with Crippen LogP contribution < -0.4 is 10.6 Å². The number of amidine groups is 1. The van der Waals surface area contributed by atoms with E-state index in [1.54, 1.807) is 5.56 Å². The molecule has 2 aromatic carbocycles. The van der Waals surface area contributed by atoms with Crippen LogP contribution in [0.4, 0.5) is 11.4 Å². The molecule has 0 heterocycles. The van der Waals surface area contributed by atoms with Gasteiger partial charge >= 0.3 is 0 Å². The molecule has 2 aliphatic rings. The number of nitrogens with one attached hydrogen (secondary N) is 1. The first-order valence-electron chi connectivity index (χ1n) is 10.4. The van der Waals surface area contributed by atoms with Crippen molar-refractivity contribution in [2.75, 3.05) is 17.7 Å². The standard InChI is InChI=1S/C24H31N3/c1-27(22-14-9-8-13-21(22)25)23(26)15-7-2-3-10-16-24(19-17-20(19)24)18-11-5-4-6-12-18/h4-6,8-9,11-14,19-20,26H,2-3,7,10,15-17,25H2,1H3. The van der Waals surface area contributed by atoms with Crippen LogP contribution in [0.15, 0.2) is 54.6 Å². The zero-order valence-electron chi connectivity index (χ0n) is 16.3. The number of nitrogens with two attached hydrogens (primary N) is 1. The number of para-hydroxylation sites is 2. The van der Waals surface area contributed by atoms with Gasteiger partial charge < -0.3 is 10.6 Å². The van der Waals surface area contributed by atoms with Crippen molar-refractivity contribution in [3.8, 4) is 0 Å². The Hall–Kier alpha value is -2.29. The lowest BCUT2D eigenvalue weighted by molar-refractivity contribution is 0.439. The van der Waals surface area contributed by atoms with Gasteiger partial charge in [-0.2, -0.15) is 0 Å². The molecular formula is C24H31N3. The SMILES string of the molecule is CN(C(=N)CCCCCCC1(c2ccccc2)C2CC21)c1ccccc1N. The van der Waals surface area contributed by atoms with Gasteiger partial charge in [-0.15, -0.1) is 0 Å². The Balaban J connectivity index is 1.17. The van der Waals surface area contributed by atoms with E-state index in [1.165, 1.54) is 32.1 Å². The lowest BCUT2D eigenvalue weighted by Gasteiger charge is -2.23. The summed E-state index contributed by atoms with van der Waals surface area (Å²) in [6.07, 6.45) is 8.52. The lowest BCUT2D eigenvalue weighted by atomic mass is 9.81. The zero-order valence-corrected chi connectivity index (χ0v) is 16.3. The topological polar surface area (TPSA) is 53.1 Å². The van der Waals surface area contributed by atoms with E-state index in [9.17, 15) is 0 Å². The van der Waals surface area contributed by atoms with Crippen molar-refractivity contribution in [3.63, 3.8) is 0 Å². The maximum Gasteiger partial charge on any atom is 0.100 e. The second kappa shape index (κ2) is 7.38. The van der Waals surface area contributed by atoms with Crippen molar-refractivity contribution in [1.29, 1.82) is 5.41 Å². The monoisotopic (exact) mass is 361 g/mol. The Kier molecular flexibility index (Phi) is 4.94. The fourth-order valence-corrected chi connectivity index (χ4v) is 4.92. The normalized spacial score (nSPS) is 24.9. The van der Waals surface area contributed by atoms with Gasteiger partial charge in [0.2, 0.25) is 0 Å². The Labute approximate surface area is 163 Å². The average molecular weight is 362 g/mol. The molecule has 0 aliphatic heterocycles. The zero-order chi connectivity index (χ0) is 18.9. The maximum atomic E-state index is 8.33. The number of benzene rings is 2. The predicted molar refractivity (Wildman–Crippen MR) is 114 cm³/mol. The van der Waals surface area contributed by atoms with E-state index in [0.717, 1.165) is 36.1 Å². The maximum absolute atomic E-state index is 8.33. The van der Waals surface area contributed by atoms with Gasteiger partial charge in [0.15, 0.2) is 0 Å². The van der Waals surface area contributed by atoms with Crippen molar-refractivity contribution in [3.05, 3.63) is 60.2 Å². The van der Waals surface area contributed by atoms with Crippen molar-refractivity contribution in [2.45, 2.75) is 50.4 Å². The lowest BCUT2D eigenvalue weighted by Crippen LogP contribution is -2.26. The van der Waals surface area contributed by atoms with Crippen LogP contribution in [0.25, 0.3) is 0 Å². The molecule has 3 nitrogen and oxygen atoms in total. The summed E-state index contributed by atoms with van der Waals surface area (Å²) in [6.45, 7) is 0. The minimum Gasteiger partial charge on any atom is -0.397 e. The van der Waals surface area contributed by atoms with Crippen LogP contribution in [-0.4, -0.2) is 12.9 Å². The molecule has 2 saturated carbocycles. The fraction of sp³-hybridized carbons (Fsp3) is 0.458. The van der Waals surface area contributed by atoms with Crippen LogP contribution in [0.5, 0.6) is 0 Å². The highest BCUT2D eigenvalue weighted by molar-refractivity contribution is 5.97. The molecule has 4 rings (SSSR count). The van der Waals surface area contributed by atoms with Crippen molar-refractivity contribution < 1.29 is 0 Å². The highest BCUT2D eigenvalue weighted by Crippen LogP contribution is 2.79. The summed E-state index contributed by atoms with van der Waals surface area (Å²) in [5, 5.41) is 8.33. The summed E-state index contributed by atoms with van der Waals surface area (Å²) in [4.78, 5) is 1.91. The van der Waals surface area contributed by atoms with Crippen molar-refractivity contribution >= 4 is 17.2 Å². The van der Waals surface area contributed by atoms with E-state index in [-0.39, 0.29) is 0 Å². The molecule has 0 aromatic heterocycles. The van der Waals surface area contributed by atoms with Gasteiger partial charge in [-0.1, -0.05) is 61.7 Å². The van der Waals surface area contributed by atoms with Crippen molar-refractivity contribution in [2.24, 2.45) is 11.8 Å². The van der Waals surface area contributed by atoms with E-state index in [0.29, 0.717) is 11.3 Å². The number of nitrogen functional groups attached to an aromatic ring is 1. The summed E-state index contributed by atoms with van der Waals surface area (Å²) in [5.41, 5.74) is 9.81. The quantitative estimate of drug-likeness (QED) is 0.264. The van der Waals surface area contributed by atoms with E-state index in [2.05, 4.69) is 30.3 Å². The highest BCUT2D eigenvalue weighted by Gasteiger charge is 2.75. The van der Waals surface area contributed by atoms with Gasteiger partial charge in [0.05, 0.1) is 11.4 Å². The summed E-state index contributed by atoms with van der Waals surface area (Å²) < 4.78 is 0. The minimum absolute atomic E-state index is 0.541. The molecule has 142 valence electrons. The third-order valence-electron chi connectivity index (χ3n) is 6.77. The highest BCUT2D eigenvalue weighted by atomic mass is 15.1. The summed E-state index contributed by atoms with van der Waals surface area (Å²) in [7, 11) is 1.94. The number of hydrogen-bond donors (Lipinski definition) is 2. The Morgan fingerprint density at radius 3 is 2.33 bits per heavy atom. The third kappa shape index (κ3) is 3.47. The molecule has 0 radical (unpaired) electrons. The third-order valence-corrected chi connectivity index (χ3v) is 6.77. The van der Waals surface area contributed by atoms with Gasteiger partial charge in [0.1, 0.15) is 5.84 Å². The molecule has 0 saturated heterocycles. The molecule has 0 spiro atoms. The summed E-state index contributed by atoms with van der Waals surface area (Å²) in [6, 6.07) is 18.9.